The van der Waals surface area contributed by atoms with Gasteiger partial charge < -0.3 is 9.55 Å². The third-order valence-electron chi connectivity index (χ3n) is 3.57. The number of benzene rings is 1. The summed E-state index contributed by atoms with van der Waals surface area (Å²) in [4.78, 5) is 19.8. The van der Waals surface area contributed by atoms with Gasteiger partial charge in [-0.05, 0) is 37.1 Å². The summed E-state index contributed by atoms with van der Waals surface area (Å²) in [7, 11) is 0. The number of anilines is 1. The largest absolute Gasteiger partial charge is 0.340 e. The fourth-order valence-corrected chi connectivity index (χ4v) is 2.44. The molecule has 1 aliphatic rings. The molecule has 1 amide bonds. The van der Waals surface area contributed by atoms with Crippen LogP contribution in [-0.2, 0) is 0 Å². The van der Waals surface area contributed by atoms with E-state index in [1.165, 1.54) is 0 Å². The molecule has 5 heteroatoms. The maximum Gasteiger partial charge on any atom is 0.274 e. The van der Waals surface area contributed by atoms with Gasteiger partial charge in [0.15, 0.2) is 0 Å². The van der Waals surface area contributed by atoms with Gasteiger partial charge in [-0.3, -0.25) is 10.1 Å². The number of H-pyrrole nitrogens is 1. The van der Waals surface area contributed by atoms with Gasteiger partial charge in [0.1, 0.15) is 5.69 Å². The first-order valence-electron chi connectivity index (χ1n) is 6.74. The second kappa shape index (κ2) is 4.23. The number of aromatic amines is 1. The van der Waals surface area contributed by atoms with Crippen molar-refractivity contribution in [3.8, 4) is 0 Å². The zero-order valence-corrected chi connectivity index (χ0v) is 10.8. The number of nitrogens with one attached hydrogen (secondary N) is 2. The molecular weight excluding hydrogens is 252 g/mol. The van der Waals surface area contributed by atoms with E-state index in [0.29, 0.717) is 17.7 Å². The highest BCUT2D eigenvalue weighted by molar-refractivity contribution is 6.03. The molecule has 5 nitrogen and oxygen atoms in total. The Balaban J connectivity index is 1.61. The van der Waals surface area contributed by atoms with Crippen LogP contribution in [0, 0.1) is 0 Å². The second-order valence-electron chi connectivity index (χ2n) is 5.09. The van der Waals surface area contributed by atoms with Crippen LogP contribution in [0.5, 0.6) is 0 Å². The van der Waals surface area contributed by atoms with E-state index in [1.807, 2.05) is 47.2 Å². The van der Waals surface area contributed by atoms with Crippen molar-refractivity contribution in [3.05, 3.63) is 48.3 Å². The smallest absolute Gasteiger partial charge is 0.274 e. The second-order valence-corrected chi connectivity index (χ2v) is 5.09. The molecule has 0 radical (unpaired) electrons. The quantitative estimate of drug-likeness (QED) is 0.765. The van der Waals surface area contributed by atoms with Crippen molar-refractivity contribution in [2.24, 2.45) is 0 Å². The molecule has 0 unspecified atom stereocenters. The predicted octanol–water partition coefficient (Wildman–Crippen LogP) is 2.95. The zero-order chi connectivity index (χ0) is 13.5. The zero-order valence-electron chi connectivity index (χ0n) is 10.8. The number of para-hydroxylation sites is 2. The van der Waals surface area contributed by atoms with Gasteiger partial charge >= 0.3 is 0 Å². The third-order valence-corrected chi connectivity index (χ3v) is 3.57. The van der Waals surface area contributed by atoms with Gasteiger partial charge in [0.2, 0.25) is 5.95 Å². The first-order valence-corrected chi connectivity index (χ1v) is 6.74. The van der Waals surface area contributed by atoms with Gasteiger partial charge in [-0.2, -0.15) is 0 Å². The Kier molecular flexibility index (Phi) is 2.39. The highest BCUT2D eigenvalue weighted by Crippen LogP contribution is 2.36. The first-order chi connectivity index (χ1) is 9.81. The van der Waals surface area contributed by atoms with Gasteiger partial charge in [0.25, 0.3) is 5.91 Å². The van der Waals surface area contributed by atoms with Crippen LogP contribution < -0.4 is 5.32 Å². The number of amides is 1. The lowest BCUT2D eigenvalue weighted by Gasteiger charge is -2.06. The van der Waals surface area contributed by atoms with Crippen LogP contribution in [0.2, 0.25) is 0 Å². The topological polar surface area (TPSA) is 62.7 Å². The van der Waals surface area contributed by atoms with Crippen molar-refractivity contribution >= 4 is 22.9 Å². The Labute approximate surface area is 115 Å². The summed E-state index contributed by atoms with van der Waals surface area (Å²) in [6.07, 6.45) is 4.27. The Morgan fingerprint density at radius 3 is 2.90 bits per heavy atom. The molecule has 1 saturated carbocycles. The minimum Gasteiger partial charge on any atom is -0.340 e. The molecule has 1 aliphatic carbocycles. The average Bonchev–Trinajstić information content (AvgIpc) is 3.03. The average molecular weight is 266 g/mol. The minimum atomic E-state index is -0.124. The molecule has 0 bridgehead atoms. The van der Waals surface area contributed by atoms with Crippen molar-refractivity contribution in [3.63, 3.8) is 0 Å². The summed E-state index contributed by atoms with van der Waals surface area (Å²) in [5.74, 6) is 0.362. The Bertz CT molecular complexity index is 749. The lowest BCUT2D eigenvalue weighted by atomic mass is 10.3. The molecule has 100 valence electrons. The highest BCUT2D eigenvalue weighted by Gasteiger charge is 2.26. The summed E-state index contributed by atoms with van der Waals surface area (Å²) < 4.78 is 2.04. The van der Waals surface area contributed by atoms with E-state index < -0.39 is 0 Å². The molecule has 3 aromatic rings. The molecule has 0 saturated heterocycles. The molecule has 2 N–H and O–H groups in total. The number of carbonyl (C=O) groups excluding carboxylic acids is 1. The highest BCUT2D eigenvalue weighted by atomic mass is 16.2. The summed E-state index contributed by atoms with van der Waals surface area (Å²) in [5.41, 5.74) is 2.45. The number of imidazole rings is 1. The van der Waals surface area contributed by atoms with Crippen LogP contribution >= 0.6 is 0 Å². The van der Waals surface area contributed by atoms with Crippen LogP contribution in [0.4, 0.5) is 5.95 Å². The number of rotatable bonds is 3. The van der Waals surface area contributed by atoms with Gasteiger partial charge in [0, 0.05) is 12.2 Å². The van der Waals surface area contributed by atoms with Crippen molar-refractivity contribution in [2.45, 2.75) is 18.9 Å². The minimum absolute atomic E-state index is 0.124. The van der Waals surface area contributed by atoms with E-state index in [1.54, 1.807) is 0 Å². The molecule has 20 heavy (non-hydrogen) atoms. The number of hydrogen-bond acceptors (Lipinski definition) is 2. The number of fused-ring (bicyclic) bond motifs is 1. The number of hydrogen-bond donors (Lipinski definition) is 2. The standard InChI is InChI=1S/C15H14N4O/c20-14(13-6-3-9-19(13)10-7-8-10)18-15-16-11-4-1-2-5-12(11)17-15/h1-6,9-10H,7-8H2,(H2,16,17,18,20). The predicted molar refractivity (Wildman–Crippen MR) is 76.7 cm³/mol. The van der Waals surface area contributed by atoms with E-state index in [9.17, 15) is 4.79 Å². The van der Waals surface area contributed by atoms with Gasteiger partial charge in [-0.25, -0.2) is 4.98 Å². The fraction of sp³-hybridized carbons (Fsp3) is 0.200. The summed E-state index contributed by atoms with van der Waals surface area (Å²) in [5, 5.41) is 2.83. The van der Waals surface area contributed by atoms with Crippen LogP contribution in [-0.4, -0.2) is 20.4 Å². The fourth-order valence-electron chi connectivity index (χ4n) is 2.44. The van der Waals surface area contributed by atoms with E-state index in [-0.39, 0.29) is 5.91 Å². The van der Waals surface area contributed by atoms with Gasteiger partial charge in [-0.1, -0.05) is 12.1 Å². The monoisotopic (exact) mass is 266 g/mol. The number of nitrogens with zero attached hydrogens (tertiary/aromatic N) is 2. The molecule has 1 fully saturated rings. The third kappa shape index (κ3) is 1.87. The lowest BCUT2D eigenvalue weighted by molar-refractivity contribution is 0.101. The SMILES string of the molecule is O=C(Nc1nc2ccccc2[nH]1)c1cccn1C1CC1. The van der Waals surface area contributed by atoms with Crippen LogP contribution in [0.25, 0.3) is 11.0 Å². The van der Waals surface area contributed by atoms with Crippen LogP contribution in [0.15, 0.2) is 42.6 Å². The van der Waals surface area contributed by atoms with E-state index >= 15 is 0 Å². The van der Waals surface area contributed by atoms with Crippen molar-refractivity contribution in [1.29, 1.82) is 0 Å². The Hall–Kier alpha value is -2.56. The van der Waals surface area contributed by atoms with E-state index in [0.717, 1.165) is 23.9 Å². The maximum atomic E-state index is 12.3. The van der Waals surface area contributed by atoms with E-state index in [4.69, 9.17) is 0 Å². The molecule has 0 aliphatic heterocycles. The van der Waals surface area contributed by atoms with Gasteiger partial charge in [-0.15, -0.1) is 0 Å². The van der Waals surface area contributed by atoms with E-state index in [2.05, 4.69) is 15.3 Å². The Morgan fingerprint density at radius 1 is 1.25 bits per heavy atom. The summed E-state index contributed by atoms with van der Waals surface area (Å²) in [6, 6.07) is 11.9. The van der Waals surface area contributed by atoms with Crippen molar-refractivity contribution in [1.82, 2.24) is 14.5 Å². The molecule has 0 atom stereocenters. The summed E-state index contributed by atoms with van der Waals surface area (Å²) >= 11 is 0. The van der Waals surface area contributed by atoms with Crippen molar-refractivity contribution in [2.75, 3.05) is 5.32 Å². The molecular formula is C15H14N4O. The molecule has 2 aromatic heterocycles. The van der Waals surface area contributed by atoms with Crippen LogP contribution in [0.1, 0.15) is 29.4 Å². The molecule has 4 rings (SSSR count). The van der Waals surface area contributed by atoms with Crippen molar-refractivity contribution < 1.29 is 4.79 Å². The number of carbonyl (C=O) groups is 1. The number of aromatic nitrogens is 3. The molecule has 1 aromatic carbocycles. The maximum absolute atomic E-state index is 12.3. The first kappa shape index (κ1) is 11.3. The molecule has 2 heterocycles. The normalized spacial score (nSPS) is 14.6. The lowest BCUT2D eigenvalue weighted by Crippen LogP contribution is -2.17. The van der Waals surface area contributed by atoms with Crippen LogP contribution in [0.3, 0.4) is 0 Å². The molecule has 0 spiro atoms. The Morgan fingerprint density at radius 2 is 2.10 bits per heavy atom. The van der Waals surface area contributed by atoms with Gasteiger partial charge in [0.05, 0.1) is 11.0 Å². The summed E-state index contributed by atoms with van der Waals surface area (Å²) in [6.45, 7) is 0.